The average Bonchev–Trinajstić information content (AvgIpc) is 2.63. The molecule has 0 fully saturated rings. The molecule has 1 aliphatic heterocycles. The highest BCUT2D eigenvalue weighted by molar-refractivity contribution is 8.13. The largest absolute Gasteiger partial charge is 0.353 e. The van der Waals surface area contributed by atoms with Crippen LogP contribution in [0.4, 0.5) is 0 Å². The summed E-state index contributed by atoms with van der Waals surface area (Å²) in [6.45, 7) is 1.98. The Kier molecular flexibility index (Phi) is 4.68. The fraction of sp³-hybridized carbons (Fsp3) is 0.400. The first-order valence-corrected chi connectivity index (χ1v) is 5.63. The van der Waals surface area contributed by atoms with Crippen molar-refractivity contribution in [3.05, 3.63) is 30.1 Å². The second-order valence-electron chi connectivity index (χ2n) is 3.20. The molecule has 15 heavy (non-hydrogen) atoms. The quantitative estimate of drug-likeness (QED) is 0.699. The van der Waals surface area contributed by atoms with Gasteiger partial charge in [0.2, 0.25) is 0 Å². The van der Waals surface area contributed by atoms with Crippen molar-refractivity contribution in [2.24, 2.45) is 4.99 Å². The van der Waals surface area contributed by atoms with Crippen molar-refractivity contribution < 1.29 is 0 Å². The van der Waals surface area contributed by atoms with E-state index >= 15 is 0 Å². The molecule has 0 atom stereocenters. The molecule has 2 rings (SSSR count). The predicted octanol–water partition coefficient (Wildman–Crippen LogP) is 1.24. The lowest BCUT2D eigenvalue weighted by Crippen LogP contribution is -2.19. The summed E-state index contributed by atoms with van der Waals surface area (Å²) in [5.74, 6) is 0.907. The second kappa shape index (κ2) is 5.80. The number of amidine groups is 1. The van der Waals surface area contributed by atoms with Gasteiger partial charge in [0.1, 0.15) is 0 Å². The van der Waals surface area contributed by atoms with Gasteiger partial charge in [0.15, 0.2) is 5.17 Å². The van der Waals surface area contributed by atoms with E-state index in [0.29, 0.717) is 0 Å². The highest BCUT2D eigenvalue weighted by Crippen LogP contribution is 2.16. The van der Waals surface area contributed by atoms with E-state index in [-0.39, 0.29) is 8.41 Å². The number of likely N-dealkylation sites (N-methyl/N-ethyl adjacent to an activating group) is 1. The zero-order chi connectivity index (χ0) is 9.80. The van der Waals surface area contributed by atoms with E-state index in [1.165, 1.54) is 0 Å². The Bertz CT molecular complexity index is 329. The maximum absolute atomic E-state index is 4.41. The monoisotopic (exact) mass is 218 g/mol. The third-order valence-electron chi connectivity index (χ3n) is 2.08. The minimum atomic E-state index is 0. The van der Waals surface area contributed by atoms with E-state index in [1.807, 2.05) is 24.4 Å². The summed E-state index contributed by atoms with van der Waals surface area (Å²) in [6, 6.07) is 6.00. The van der Waals surface area contributed by atoms with E-state index < -0.39 is 0 Å². The van der Waals surface area contributed by atoms with Crippen LogP contribution in [0.1, 0.15) is 5.69 Å². The van der Waals surface area contributed by atoms with Gasteiger partial charge in [0.05, 0.1) is 12.2 Å². The van der Waals surface area contributed by atoms with Gasteiger partial charge in [-0.1, -0.05) is 17.8 Å². The van der Waals surface area contributed by atoms with Gasteiger partial charge in [-0.25, -0.2) is 0 Å². The molecule has 0 saturated heterocycles. The van der Waals surface area contributed by atoms with Crippen LogP contribution in [0, 0.1) is 0 Å². The third-order valence-corrected chi connectivity index (χ3v) is 3.22. The molecule has 0 amide bonds. The summed E-state index contributed by atoms with van der Waals surface area (Å²) in [5, 5.41) is 1.13. The van der Waals surface area contributed by atoms with Gasteiger partial charge >= 0.3 is 0 Å². The summed E-state index contributed by atoms with van der Waals surface area (Å²) in [7, 11) is 2.08. The zero-order valence-corrected chi connectivity index (χ0v) is 9.57. The molecule has 0 unspecified atom stereocenters. The van der Waals surface area contributed by atoms with Crippen LogP contribution in [-0.4, -0.2) is 43.6 Å². The minimum absolute atomic E-state index is 0. The first-order valence-electron chi connectivity index (χ1n) is 4.64. The Morgan fingerprint density at radius 3 is 2.93 bits per heavy atom. The van der Waals surface area contributed by atoms with Crippen molar-refractivity contribution >= 4 is 25.3 Å². The molecule has 0 aromatic carbocycles. The zero-order valence-electron chi connectivity index (χ0n) is 8.76. The molecule has 0 bridgehead atoms. The number of pyridine rings is 1. The van der Waals surface area contributed by atoms with Gasteiger partial charge in [-0.2, -0.15) is 0 Å². The first kappa shape index (κ1) is 12.1. The molecular weight excluding hydrogens is 205 g/mol. The Hall–Kier alpha value is -0.965. The highest BCUT2D eigenvalue weighted by Gasteiger charge is 2.12. The lowest BCUT2D eigenvalue weighted by molar-refractivity contribution is 0.564. The van der Waals surface area contributed by atoms with Crippen molar-refractivity contribution in [1.82, 2.24) is 9.88 Å². The number of hydrogen-bond acceptors (Lipinski definition) is 4. The fourth-order valence-corrected chi connectivity index (χ4v) is 2.23. The molecule has 0 aliphatic carbocycles. The standard InChI is InChI=1S/C10H13N3S.B/c1-13-7-6-12-10(13)14-8-9-4-2-3-5-11-9;/h2-5H,6-8H2,1H3;. The summed E-state index contributed by atoms with van der Waals surface area (Å²) in [6.07, 6.45) is 1.83. The molecule has 0 N–H and O–H groups in total. The van der Waals surface area contributed by atoms with E-state index in [0.717, 1.165) is 29.7 Å². The van der Waals surface area contributed by atoms with Crippen LogP contribution in [0.2, 0.25) is 0 Å². The Labute approximate surface area is 96.6 Å². The van der Waals surface area contributed by atoms with Crippen molar-refractivity contribution in [3.63, 3.8) is 0 Å². The molecular formula is C10H13BN3S. The first-order chi connectivity index (χ1) is 6.86. The minimum Gasteiger partial charge on any atom is -0.353 e. The molecule has 5 heteroatoms. The summed E-state index contributed by atoms with van der Waals surface area (Å²) < 4.78 is 0. The molecule has 0 saturated carbocycles. The van der Waals surface area contributed by atoms with Crippen LogP contribution in [0.5, 0.6) is 0 Å². The molecule has 3 nitrogen and oxygen atoms in total. The van der Waals surface area contributed by atoms with E-state index in [9.17, 15) is 0 Å². The van der Waals surface area contributed by atoms with Crippen LogP contribution in [0.3, 0.4) is 0 Å². The predicted molar refractivity (Wildman–Crippen MR) is 66.2 cm³/mol. The van der Waals surface area contributed by atoms with E-state index in [1.54, 1.807) is 11.8 Å². The van der Waals surface area contributed by atoms with Crippen molar-refractivity contribution in [1.29, 1.82) is 0 Å². The second-order valence-corrected chi connectivity index (χ2v) is 4.14. The number of aliphatic imine (C=N–C) groups is 1. The van der Waals surface area contributed by atoms with Gasteiger partial charge in [-0.05, 0) is 12.1 Å². The number of thioether (sulfide) groups is 1. The summed E-state index contributed by atoms with van der Waals surface area (Å²) in [4.78, 5) is 10.9. The maximum atomic E-state index is 4.41. The fourth-order valence-electron chi connectivity index (χ4n) is 1.29. The smallest absolute Gasteiger partial charge is 0.159 e. The van der Waals surface area contributed by atoms with E-state index in [4.69, 9.17) is 0 Å². The van der Waals surface area contributed by atoms with E-state index in [2.05, 4.69) is 21.9 Å². The lowest BCUT2D eigenvalue weighted by Gasteiger charge is -2.12. The summed E-state index contributed by atoms with van der Waals surface area (Å²) in [5.41, 5.74) is 1.11. The van der Waals surface area contributed by atoms with Crippen molar-refractivity contribution in [2.45, 2.75) is 5.75 Å². The van der Waals surface area contributed by atoms with Gasteiger partial charge in [-0.3, -0.25) is 9.98 Å². The molecule has 2 heterocycles. The molecule has 1 aromatic heterocycles. The molecule has 3 radical (unpaired) electrons. The number of aromatic nitrogens is 1. The normalized spacial score (nSPS) is 14.7. The van der Waals surface area contributed by atoms with Crippen LogP contribution in [0.15, 0.2) is 29.4 Å². The van der Waals surface area contributed by atoms with Gasteiger partial charge in [-0.15, -0.1) is 0 Å². The lowest BCUT2D eigenvalue weighted by atomic mass is 10.4. The van der Waals surface area contributed by atoms with Crippen LogP contribution in [0.25, 0.3) is 0 Å². The van der Waals surface area contributed by atoms with Crippen LogP contribution in [-0.2, 0) is 5.75 Å². The SMILES string of the molecule is CN1CCN=C1SCc1ccccn1.[B]. The maximum Gasteiger partial charge on any atom is 0.159 e. The third kappa shape index (κ3) is 3.27. The molecule has 1 aromatic rings. The number of hydrogen-bond donors (Lipinski definition) is 0. The van der Waals surface area contributed by atoms with Gasteiger partial charge in [0.25, 0.3) is 0 Å². The number of nitrogens with zero attached hydrogens (tertiary/aromatic N) is 3. The topological polar surface area (TPSA) is 28.5 Å². The van der Waals surface area contributed by atoms with Crippen LogP contribution < -0.4 is 0 Å². The summed E-state index contributed by atoms with van der Waals surface area (Å²) >= 11 is 1.76. The van der Waals surface area contributed by atoms with Crippen molar-refractivity contribution in [3.8, 4) is 0 Å². The Morgan fingerprint density at radius 1 is 1.47 bits per heavy atom. The average molecular weight is 218 g/mol. The number of rotatable bonds is 2. The molecule has 1 aliphatic rings. The molecule has 0 spiro atoms. The van der Waals surface area contributed by atoms with Gasteiger partial charge in [0, 0.05) is 34.0 Å². The van der Waals surface area contributed by atoms with Gasteiger partial charge < -0.3 is 4.90 Å². The Morgan fingerprint density at radius 2 is 2.33 bits per heavy atom. The highest BCUT2D eigenvalue weighted by atomic mass is 32.2. The van der Waals surface area contributed by atoms with Crippen molar-refractivity contribution in [2.75, 3.05) is 20.1 Å². The molecule has 77 valence electrons. The Balaban J connectivity index is 0.00000112. The van der Waals surface area contributed by atoms with Crippen LogP contribution >= 0.6 is 11.8 Å².